The molecular weight excluding hydrogens is 334 g/mol. The van der Waals surface area contributed by atoms with E-state index in [2.05, 4.69) is 5.32 Å². The molecule has 0 saturated carbocycles. The quantitative estimate of drug-likeness (QED) is 0.807. The van der Waals surface area contributed by atoms with Gasteiger partial charge in [0.25, 0.3) is 5.91 Å². The molecule has 1 saturated heterocycles. The Bertz CT molecular complexity index is 775. The van der Waals surface area contributed by atoms with Crippen molar-refractivity contribution in [3.8, 4) is 0 Å². The fourth-order valence-electron chi connectivity index (χ4n) is 2.97. The number of methoxy groups -OCH3 is 1. The van der Waals surface area contributed by atoms with Gasteiger partial charge in [0, 0.05) is 25.6 Å². The van der Waals surface area contributed by atoms with Gasteiger partial charge in [-0.1, -0.05) is 36.4 Å². The summed E-state index contributed by atoms with van der Waals surface area (Å²) in [7, 11) is 1.57. The van der Waals surface area contributed by atoms with Crippen molar-refractivity contribution < 1.29 is 19.1 Å². The zero-order chi connectivity index (χ0) is 18.4. The minimum absolute atomic E-state index is 0.0680. The van der Waals surface area contributed by atoms with E-state index in [9.17, 15) is 9.59 Å². The van der Waals surface area contributed by atoms with E-state index in [1.54, 1.807) is 7.11 Å². The number of nitrogens with one attached hydrogen (secondary N) is 1. The summed E-state index contributed by atoms with van der Waals surface area (Å²) in [5, 5.41) is 7.83. The summed E-state index contributed by atoms with van der Waals surface area (Å²) in [6.07, 6.45) is 0.743. The van der Waals surface area contributed by atoms with Crippen LogP contribution in [0.15, 0.2) is 42.5 Å². The van der Waals surface area contributed by atoms with E-state index >= 15 is 0 Å². The van der Waals surface area contributed by atoms with Crippen molar-refractivity contribution in [2.75, 3.05) is 45.3 Å². The van der Waals surface area contributed by atoms with Gasteiger partial charge in [0.15, 0.2) is 0 Å². The highest BCUT2D eigenvalue weighted by molar-refractivity contribution is 6.02. The highest BCUT2D eigenvalue weighted by atomic mass is 16.5. The van der Waals surface area contributed by atoms with Crippen LogP contribution in [0.3, 0.4) is 0 Å². The monoisotopic (exact) mass is 357 g/mol. The van der Waals surface area contributed by atoms with Crippen molar-refractivity contribution in [2.24, 2.45) is 0 Å². The maximum atomic E-state index is 12.7. The number of hydrogen-bond acceptors (Lipinski definition) is 4. The lowest BCUT2D eigenvalue weighted by atomic mass is 10.1. The zero-order valence-electron chi connectivity index (χ0n) is 14.8. The fraction of sp³-hybridized carbons (Fsp3) is 0.368. The Morgan fingerprint density at radius 2 is 1.81 bits per heavy atom. The first-order chi connectivity index (χ1) is 12.7. The summed E-state index contributed by atoms with van der Waals surface area (Å²) in [4.78, 5) is 25.0. The molecule has 1 fully saturated rings. The van der Waals surface area contributed by atoms with E-state index in [4.69, 9.17) is 9.47 Å². The van der Waals surface area contributed by atoms with Crippen LogP contribution in [0.5, 0.6) is 0 Å². The minimum atomic E-state index is -0.316. The first kappa shape index (κ1) is 18.2. The summed E-state index contributed by atoms with van der Waals surface area (Å²) in [6.45, 7) is 1.72. The standard InChI is InChI=1S/C19H23N3O4/c1-25-12-13-26-14-18(23)21-10-5-11-22(21)19(24)20-17-9-4-7-15-6-2-3-8-16(15)17/h2-4,6-9H,5,10-14H2,1H3,(H,20,24). The lowest BCUT2D eigenvalue weighted by molar-refractivity contribution is -0.145. The van der Waals surface area contributed by atoms with Crippen molar-refractivity contribution in [3.05, 3.63) is 42.5 Å². The lowest BCUT2D eigenvalue weighted by Gasteiger charge is -2.28. The number of urea groups is 1. The van der Waals surface area contributed by atoms with Gasteiger partial charge in [0.1, 0.15) is 6.61 Å². The molecule has 0 spiro atoms. The van der Waals surface area contributed by atoms with E-state index in [1.807, 2.05) is 42.5 Å². The molecule has 138 valence electrons. The summed E-state index contributed by atoms with van der Waals surface area (Å²) in [5.41, 5.74) is 0.726. The minimum Gasteiger partial charge on any atom is -0.382 e. The average molecular weight is 357 g/mol. The summed E-state index contributed by atoms with van der Waals surface area (Å²) in [6, 6.07) is 13.3. The number of carbonyl (C=O) groups is 2. The highest BCUT2D eigenvalue weighted by Gasteiger charge is 2.30. The van der Waals surface area contributed by atoms with Gasteiger partial charge < -0.3 is 14.8 Å². The van der Waals surface area contributed by atoms with Crippen LogP contribution >= 0.6 is 0 Å². The number of fused-ring (bicyclic) bond motifs is 1. The first-order valence-corrected chi connectivity index (χ1v) is 8.64. The van der Waals surface area contributed by atoms with Crippen LogP contribution in [0.4, 0.5) is 10.5 Å². The molecule has 0 unspecified atom stereocenters. The Morgan fingerprint density at radius 1 is 1.04 bits per heavy atom. The molecule has 0 atom stereocenters. The van der Waals surface area contributed by atoms with E-state index in [-0.39, 0.29) is 18.5 Å². The van der Waals surface area contributed by atoms with Crippen LogP contribution < -0.4 is 5.32 Å². The topological polar surface area (TPSA) is 71.1 Å². The van der Waals surface area contributed by atoms with Crippen molar-refractivity contribution >= 4 is 28.4 Å². The summed E-state index contributed by atoms with van der Waals surface area (Å²) in [5.74, 6) is -0.230. The number of hydrogen-bond donors (Lipinski definition) is 1. The maximum Gasteiger partial charge on any atom is 0.340 e. The van der Waals surface area contributed by atoms with E-state index < -0.39 is 0 Å². The van der Waals surface area contributed by atoms with Crippen LogP contribution in [0.1, 0.15) is 6.42 Å². The van der Waals surface area contributed by atoms with Crippen molar-refractivity contribution in [1.29, 1.82) is 0 Å². The maximum absolute atomic E-state index is 12.7. The Balaban J connectivity index is 1.65. The normalized spacial score (nSPS) is 14.0. The molecule has 3 rings (SSSR count). The lowest BCUT2D eigenvalue weighted by Crippen LogP contribution is -2.48. The second-order valence-corrected chi connectivity index (χ2v) is 6.00. The molecule has 0 bridgehead atoms. The largest absolute Gasteiger partial charge is 0.382 e. The first-order valence-electron chi connectivity index (χ1n) is 8.64. The molecule has 3 amide bonds. The van der Waals surface area contributed by atoms with E-state index in [1.165, 1.54) is 10.0 Å². The molecule has 7 nitrogen and oxygen atoms in total. The number of hydrazine groups is 1. The molecule has 0 aliphatic carbocycles. The summed E-state index contributed by atoms with van der Waals surface area (Å²) < 4.78 is 10.2. The Morgan fingerprint density at radius 3 is 2.65 bits per heavy atom. The third kappa shape index (κ3) is 4.12. The number of benzene rings is 2. The molecule has 2 aromatic carbocycles. The molecule has 2 aromatic rings. The number of carbonyl (C=O) groups excluding carboxylic acids is 2. The number of amides is 3. The van der Waals surface area contributed by atoms with E-state index in [0.29, 0.717) is 26.3 Å². The molecule has 1 aliphatic rings. The highest BCUT2D eigenvalue weighted by Crippen LogP contribution is 2.24. The van der Waals surface area contributed by atoms with Gasteiger partial charge in [0.2, 0.25) is 0 Å². The number of nitrogens with zero attached hydrogens (tertiary/aromatic N) is 2. The number of rotatable bonds is 6. The van der Waals surface area contributed by atoms with Gasteiger partial charge in [-0.25, -0.2) is 14.8 Å². The van der Waals surface area contributed by atoms with Gasteiger partial charge in [-0.2, -0.15) is 0 Å². The van der Waals surface area contributed by atoms with Crippen molar-refractivity contribution in [1.82, 2.24) is 10.0 Å². The number of ether oxygens (including phenoxy) is 2. The molecule has 1 heterocycles. The van der Waals surface area contributed by atoms with Crippen LogP contribution in [0.25, 0.3) is 10.8 Å². The molecule has 26 heavy (non-hydrogen) atoms. The zero-order valence-corrected chi connectivity index (χ0v) is 14.8. The molecule has 1 N–H and O–H groups in total. The van der Waals surface area contributed by atoms with Crippen LogP contribution in [0.2, 0.25) is 0 Å². The predicted molar refractivity (Wildman–Crippen MR) is 98.7 cm³/mol. The van der Waals surface area contributed by atoms with Gasteiger partial charge in [-0.15, -0.1) is 0 Å². The SMILES string of the molecule is COCCOCC(=O)N1CCCN1C(=O)Nc1cccc2ccccc12. The van der Waals surface area contributed by atoms with E-state index in [0.717, 1.165) is 22.9 Å². The van der Waals surface area contributed by atoms with Crippen molar-refractivity contribution in [3.63, 3.8) is 0 Å². The third-order valence-electron chi connectivity index (χ3n) is 4.24. The van der Waals surface area contributed by atoms with Gasteiger partial charge in [-0.3, -0.25) is 4.79 Å². The molecule has 0 radical (unpaired) electrons. The second kappa shape index (κ2) is 8.64. The Hall–Kier alpha value is -2.64. The molecule has 1 aliphatic heterocycles. The van der Waals surface area contributed by atoms with Crippen molar-refractivity contribution in [2.45, 2.75) is 6.42 Å². The smallest absolute Gasteiger partial charge is 0.340 e. The van der Waals surface area contributed by atoms with Gasteiger partial charge >= 0.3 is 6.03 Å². The van der Waals surface area contributed by atoms with Gasteiger partial charge in [0.05, 0.1) is 18.9 Å². The summed E-state index contributed by atoms with van der Waals surface area (Å²) >= 11 is 0. The predicted octanol–water partition coefficient (Wildman–Crippen LogP) is 2.48. The third-order valence-corrected chi connectivity index (χ3v) is 4.24. The second-order valence-electron chi connectivity index (χ2n) is 6.00. The molecule has 0 aromatic heterocycles. The Kier molecular flexibility index (Phi) is 6.04. The molecular formula is C19H23N3O4. The fourth-order valence-corrected chi connectivity index (χ4v) is 2.97. The molecule has 7 heteroatoms. The van der Waals surface area contributed by atoms with Crippen LogP contribution in [0, 0.1) is 0 Å². The number of anilines is 1. The van der Waals surface area contributed by atoms with Crippen LogP contribution in [-0.4, -0.2) is 62.0 Å². The average Bonchev–Trinajstić information content (AvgIpc) is 3.15. The van der Waals surface area contributed by atoms with Crippen LogP contribution in [-0.2, 0) is 14.3 Å². The Labute approximate surface area is 152 Å². The van der Waals surface area contributed by atoms with Gasteiger partial charge in [-0.05, 0) is 17.9 Å².